The topological polar surface area (TPSA) is 77.1 Å². The highest BCUT2D eigenvalue weighted by Gasteiger charge is 2.39. The van der Waals surface area contributed by atoms with Crippen LogP contribution in [-0.2, 0) is 14.3 Å². The van der Waals surface area contributed by atoms with Crippen molar-refractivity contribution in [1.82, 2.24) is 4.90 Å². The molecule has 1 heterocycles. The number of anilines is 1. The Labute approximate surface area is 201 Å². The zero-order chi connectivity index (χ0) is 24.7. The van der Waals surface area contributed by atoms with E-state index in [0.29, 0.717) is 48.9 Å². The molecule has 1 N–H and O–H groups in total. The molecule has 7 heteroatoms. The maximum Gasteiger partial charge on any atom is 0.278 e. The second-order valence-corrected chi connectivity index (χ2v) is 8.38. The van der Waals surface area contributed by atoms with Crippen LogP contribution in [0.4, 0.5) is 5.69 Å². The van der Waals surface area contributed by atoms with Gasteiger partial charge in [-0.3, -0.25) is 14.5 Å². The maximum absolute atomic E-state index is 13.5. The van der Waals surface area contributed by atoms with Gasteiger partial charge in [-0.15, -0.1) is 0 Å². The standard InChI is InChI=1S/C27H34N2O5/c1-6-7-12-34-13-8-11-29-26(30)24(23-10-9-18(2)14-19(23)3)25(27(29)31)28-20-15-21(32-4)17-22(16-20)33-5/h9-10,14-17,28H,6-8,11-13H2,1-5H3. The molecule has 7 nitrogen and oxygen atoms in total. The number of rotatable bonds is 12. The summed E-state index contributed by atoms with van der Waals surface area (Å²) in [4.78, 5) is 28.2. The van der Waals surface area contributed by atoms with Crippen molar-refractivity contribution in [1.29, 1.82) is 0 Å². The van der Waals surface area contributed by atoms with Crippen molar-refractivity contribution in [2.45, 2.75) is 40.0 Å². The van der Waals surface area contributed by atoms with E-state index in [4.69, 9.17) is 14.2 Å². The first-order valence-corrected chi connectivity index (χ1v) is 11.7. The van der Waals surface area contributed by atoms with Crippen LogP contribution in [0.3, 0.4) is 0 Å². The van der Waals surface area contributed by atoms with Crippen molar-refractivity contribution in [2.24, 2.45) is 0 Å². The number of aryl methyl sites for hydroxylation is 2. The predicted octanol–water partition coefficient (Wildman–Crippen LogP) is 4.72. The van der Waals surface area contributed by atoms with Crippen LogP contribution >= 0.6 is 0 Å². The molecule has 3 rings (SSSR count). The molecule has 34 heavy (non-hydrogen) atoms. The van der Waals surface area contributed by atoms with Gasteiger partial charge in [0.2, 0.25) is 0 Å². The van der Waals surface area contributed by atoms with Crippen molar-refractivity contribution in [3.05, 3.63) is 58.8 Å². The van der Waals surface area contributed by atoms with Gasteiger partial charge in [0.25, 0.3) is 11.8 Å². The maximum atomic E-state index is 13.5. The number of carbonyl (C=O) groups excluding carboxylic acids is 2. The Morgan fingerprint density at radius 3 is 2.18 bits per heavy atom. The van der Waals surface area contributed by atoms with Crippen LogP contribution in [0.5, 0.6) is 11.5 Å². The fraction of sp³-hybridized carbons (Fsp3) is 0.407. The van der Waals surface area contributed by atoms with Crippen LogP contribution in [0.15, 0.2) is 42.1 Å². The lowest BCUT2D eigenvalue weighted by Crippen LogP contribution is -2.34. The van der Waals surface area contributed by atoms with Crippen molar-refractivity contribution in [2.75, 3.05) is 39.3 Å². The molecule has 182 valence electrons. The number of hydrogen-bond donors (Lipinski definition) is 1. The summed E-state index contributed by atoms with van der Waals surface area (Å²) in [7, 11) is 3.13. The number of nitrogens with zero attached hydrogens (tertiary/aromatic N) is 1. The van der Waals surface area contributed by atoms with Crippen molar-refractivity contribution in [3.63, 3.8) is 0 Å². The fourth-order valence-corrected chi connectivity index (χ4v) is 3.94. The Morgan fingerprint density at radius 1 is 0.882 bits per heavy atom. The van der Waals surface area contributed by atoms with Gasteiger partial charge in [0.05, 0.1) is 19.8 Å². The van der Waals surface area contributed by atoms with Gasteiger partial charge in [-0.2, -0.15) is 0 Å². The molecule has 0 atom stereocenters. The van der Waals surface area contributed by atoms with E-state index in [1.807, 2.05) is 32.0 Å². The van der Waals surface area contributed by atoms with Gasteiger partial charge in [-0.05, 0) is 37.8 Å². The molecular formula is C27H34N2O5. The van der Waals surface area contributed by atoms with E-state index in [9.17, 15) is 9.59 Å². The first-order valence-electron chi connectivity index (χ1n) is 11.7. The number of amides is 2. The summed E-state index contributed by atoms with van der Waals surface area (Å²) >= 11 is 0. The van der Waals surface area contributed by atoms with Gasteiger partial charge in [0.15, 0.2) is 0 Å². The Hall–Kier alpha value is -3.32. The minimum Gasteiger partial charge on any atom is -0.497 e. The third-order valence-corrected chi connectivity index (χ3v) is 5.75. The van der Waals surface area contributed by atoms with E-state index in [1.165, 1.54) is 4.90 Å². The molecule has 0 saturated carbocycles. The summed E-state index contributed by atoms with van der Waals surface area (Å²) in [5, 5.41) is 3.19. The number of imide groups is 1. The predicted molar refractivity (Wildman–Crippen MR) is 133 cm³/mol. The third-order valence-electron chi connectivity index (χ3n) is 5.75. The monoisotopic (exact) mass is 466 g/mol. The molecule has 0 unspecified atom stereocenters. The van der Waals surface area contributed by atoms with Gasteiger partial charge in [0.1, 0.15) is 17.2 Å². The van der Waals surface area contributed by atoms with E-state index >= 15 is 0 Å². The van der Waals surface area contributed by atoms with E-state index < -0.39 is 0 Å². The van der Waals surface area contributed by atoms with Crippen LogP contribution in [0, 0.1) is 13.8 Å². The SMILES string of the molecule is CCCCOCCCN1C(=O)C(Nc2cc(OC)cc(OC)c2)=C(c2ccc(C)cc2C)C1=O. The highest BCUT2D eigenvalue weighted by molar-refractivity contribution is 6.36. The fourth-order valence-electron chi connectivity index (χ4n) is 3.94. The second kappa shape index (κ2) is 11.7. The molecule has 1 aliphatic heterocycles. The lowest BCUT2D eigenvalue weighted by molar-refractivity contribution is -0.137. The Balaban J connectivity index is 1.93. The lowest BCUT2D eigenvalue weighted by Gasteiger charge is -2.16. The van der Waals surface area contributed by atoms with E-state index in [0.717, 1.165) is 29.5 Å². The smallest absolute Gasteiger partial charge is 0.278 e. The zero-order valence-electron chi connectivity index (χ0n) is 20.7. The largest absolute Gasteiger partial charge is 0.497 e. The summed E-state index contributed by atoms with van der Waals surface area (Å²) in [6, 6.07) is 11.1. The molecule has 2 aromatic carbocycles. The van der Waals surface area contributed by atoms with Crippen LogP contribution in [0.1, 0.15) is 42.9 Å². The lowest BCUT2D eigenvalue weighted by atomic mass is 9.97. The number of ether oxygens (including phenoxy) is 3. The van der Waals surface area contributed by atoms with Gasteiger partial charge < -0.3 is 19.5 Å². The van der Waals surface area contributed by atoms with Crippen LogP contribution in [0.25, 0.3) is 5.57 Å². The molecule has 0 radical (unpaired) electrons. The molecule has 2 aromatic rings. The molecule has 2 amide bonds. The summed E-state index contributed by atoms with van der Waals surface area (Å²) in [6.07, 6.45) is 2.65. The summed E-state index contributed by atoms with van der Waals surface area (Å²) < 4.78 is 16.3. The number of carbonyl (C=O) groups is 2. The third kappa shape index (κ3) is 5.78. The number of nitrogens with one attached hydrogen (secondary N) is 1. The Morgan fingerprint density at radius 2 is 1.56 bits per heavy atom. The summed E-state index contributed by atoms with van der Waals surface area (Å²) in [5.41, 5.74) is 3.98. The second-order valence-electron chi connectivity index (χ2n) is 8.38. The summed E-state index contributed by atoms with van der Waals surface area (Å²) in [5.74, 6) is 0.500. The van der Waals surface area contributed by atoms with Gasteiger partial charge in [-0.25, -0.2) is 0 Å². The number of benzene rings is 2. The Bertz CT molecular complexity index is 1050. The number of methoxy groups -OCH3 is 2. The van der Waals surface area contributed by atoms with Crippen molar-refractivity contribution in [3.8, 4) is 11.5 Å². The highest BCUT2D eigenvalue weighted by atomic mass is 16.5. The molecule has 0 spiro atoms. The average molecular weight is 467 g/mol. The molecule has 0 bridgehead atoms. The first kappa shape index (κ1) is 25.3. The molecule has 0 aliphatic carbocycles. The Kier molecular flexibility index (Phi) is 8.71. The number of unbranched alkanes of at least 4 members (excludes halogenated alkanes) is 1. The molecule has 1 aliphatic rings. The molecule has 0 saturated heterocycles. The molecular weight excluding hydrogens is 432 g/mol. The van der Waals surface area contributed by atoms with Crippen LogP contribution in [-0.4, -0.2) is 50.7 Å². The zero-order valence-corrected chi connectivity index (χ0v) is 20.7. The summed E-state index contributed by atoms with van der Waals surface area (Å²) in [6.45, 7) is 7.55. The van der Waals surface area contributed by atoms with E-state index in [2.05, 4.69) is 12.2 Å². The highest BCUT2D eigenvalue weighted by Crippen LogP contribution is 2.34. The van der Waals surface area contributed by atoms with Gasteiger partial charge in [0, 0.05) is 43.6 Å². The van der Waals surface area contributed by atoms with Crippen molar-refractivity contribution < 1.29 is 23.8 Å². The van der Waals surface area contributed by atoms with E-state index in [-0.39, 0.29) is 17.5 Å². The number of hydrogen-bond acceptors (Lipinski definition) is 6. The van der Waals surface area contributed by atoms with Crippen molar-refractivity contribution >= 4 is 23.1 Å². The van der Waals surface area contributed by atoms with Gasteiger partial charge in [-0.1, -0.05) is 37.1 Å². The molecule has 0 aromatic heterocycles. The minimum absolute atomic E-state index is 0.249. The van der Waals surface area contributed by atoms with E-state index in [1.54, 1.807) is 32.4 Å². The quantitative estimate of drug-likeness (QED) is 0.360. The van der Waals surface area contributed by atoms with Gasteiger partial charge >= 0.3 is 0 Å². The van der Waals surface area contributed by atoms with Crippen LogP contribution < -0.4 is 14.8 Å². The normalized spacial score (nSPS) is 13.6. The average Bonchev–Trinajstić information content (AvgIpc) is 3.05. The first-order chi connectivity index (χ1) is 16.4. The molecule has 0 fully saturated rings. The minimum atomic E-state index is -0.352. The van der Waals surface area contributed by atoms with Crippen LogP contribution in [0.2, 0.25) is 0 Å².